The largest absolute Gasteiger partial charge is 0.410 e. The molecule has 1 saturated carbocycles. The molecule has 1 atom stereocenters. The van der Waals surface area contributed by atoms with E-state index in [1.807, 2.05) is 24.4 Å². The predicted molar refractivity (Wildman–Crippen MR) is 83.3 cm³/mol. The first-order chi connectivity index (χ1) is 10.2. The quantitative estimate of drug-likeness (QED) is 0.855. The van der Waals surface area contributed by atoms with Crippen molar-refractivity contribution in [1.29, 1.82) is 0 Å². The number of nitrogens with zero attached hydrogens (tertiary/aromatic N) is 2. The van der Waals surface area contributed by atoms with Gasteiger partial charge in [0.05, 0.1) is 10.1 Å². The maximum atomic E-state index is 12.1. The van der Waals surface area contributed by atoms with Gasteiger partial charge in [0.15, 0.2) is 0 Å². The molecule has 3 rings (SSSR count). The lowest BCUT2D eigenvalue weighted by Crippen LogP contribution is -2.37. The van der Waals surface area contributed by atoms with Gasteiger partial charge in [-0.25, -0.2) is 0 Å². The summed E-state index contributed by atoms with van der Waals surface area (Å²) >= 11 is 2.86. The molecule has 1 amide bonds. The summed E-state index contributed by atoms with van der Waals surface area (Å²) < 4.78 is 5.59. The van der Waals surface area contributed by atoms with E-state index in [1.165, 1.54) is 24.6 Å². The van der Waals surface area contributed by atoms with Gasteiger partial charge in [-0.2, -0.15) is 0 Å². The van der Waals surface area contributed by atoms with Gasteiger partial charge in [-0.1, -0.05) is 30.7 Å². The van der Waals surface area contributed by atoms with Crippen molar-refractivity contribution in [3.63, 3.8) is 0 Å². The number of thioether (sulfide) groups is 1. The van der Waals surface area contributed by atoms with Crippen LogP contribution in [0.4, 0.5) is 0 Å². The van der Waals surface area contributed by atoms with Crippen LogP contribution in [-0.4, -0.2) is 27.4 Å². The van der Waals surface area contributed by atoms with Crippen molar-refractivity contribution in [1.82, 2.24) is 15.5 Å². The SMILES string of the molecule is C[C@H](Sc1nnc(-c2cccs2)o1)C(=O)NC1CCCC1. The van der Waals surface area contributed by atoms with Crippen LogP contribution >= 0.6 is 23.1 Å². The summed E-state index contributed by atoms with van der Waals surface area (Å²) in [5, 5.41) is 13.3. The van der Waals surface area contributed by atoms with Crippen molar-refractivity contribution >= 4 is 29.0 Å². The molecule has 2 aromatic heterocycles. The molecule has 0 aliphatic heterocycles. The van der Waals surface area contributed by atoms with E-state index in [4.69, 9.17) is 4.42 Å². The Labute approximate surface area is 131 Å². The molecule has 2 aromatic rings. The molecule has 0 spiro atoms. The fourth-order valence-corrected chi connectivity index (χ4v) is 3.69. The van der Waals surface area contributed by atoms with Crippen LogP contribution in [0.25, 0.3) is 10.8 Å². The number of amides is 1. The Morgan fingerprint density at radius 3 is 3.00 bits per heavy atom. The Bertz CT molecular complexity index is 591. The minimum atomic E-state index is -0.234. The Morgan fingerprint density at radius 1 is 1.48 bits per heavy atom. The van der Waals surface area contributed by atoms with Crippen molar-refractivity contribution < 1.29 is 9.21 Å². The van der Waals surface area contributed by atoms with Gasteiger partial charge in [0.1, 0.15) is 0 Å². The average molecular weight is 323 g/mol. The van der Waals surface area contributed by atoms with Crippen molar-refractivity contribution in [3.05, 3.63) is 17.5 Å². The second-order valence-electron chi connectivity index (χ2n) is 5.10. The molecule has 5 nitrogen and oxygen atoms in total. The van der Waals surface area contributed by atoms with E-state index in [2.05, 4.69) is 15.5 Å². The minimum absolute atomic E-state index is 0.0442. The topological polar surface area (TPSA) is 68.0 Å². The molecule has 21 heavy (non-hydrogen) atoms. The standard InChI is InChI=1S/C14H17N3O2S2/c1-9(12(18)15-10-5-2-3-6-10)21-14-17-16-13(19-14)11-7-4-8-20-11/h4,7-10H,2-3,5-6H2,1H3,(H,15,18)/t9-/m0/s1. The van der Waals surface area contributed by atoms with Crippen LogP contribution in [0.2, 0.25) is 0 Å². The molecule has 1 fully saturated rings. The average Bonchev–Trinajstić information content (AvgIpc) is 3.20. The molecular formula is C14H17N3O2S2. The molecule has 1 aliphatic rings. The first-order valence-electron chi connectivity index (χ1n) is 7.07. The van der Waals surface area contributed by atoms with Crippen LogP contribution in [0.1, 0.15) is 32.6 Å². The zero-order valence-corrected chi connectivity index (χ0v) is 13.4. The van der Waals surface area contributed by atoms with E-state index in [0.29, 0.717) is 17.2 Å². The van der Waals surface area contributed by atoms with Gasteiger partial charge >= 0.3 is 0 Å². The molecule has 2 heterocycles. The maximum absolute atomic E-state index is 12.1. The highest BCUT2D eigenvalue weighted by molar-refractivity contribution is 8.00. The number of carbonyl (C=O) groups is 1. The molecule has 0 radical (unpaired) electrons. The lowest BCUT2D eigenvalue weighted by Gasteiger charge is -2.14. The maximum Gasteiger partial charge on any atom is 0.277 e. The molecular weight excluding hydrogens is 306 g/mol. The van der Waals surface area contributed by atoms with E-state index in [1.54, 1.807) is 11.3 Å². The number of carbonyl (C=O) groups excluding carboxylic acids is 1. The van der Waals surface area contributed by atoms with Gasteiger partial charge < -0.3 is 9.73 Å². The Balaban J connectivity index is 1.56. The second kappa shape index (κ2) is 6.62. The number of hydrogen-bond acceptors (Lipinski definition) is 6. The van der Waals surface area contributed by atoms with Crippen molar-refractivity contribution in [2.45, 2.75) is 49.1 Å². The van der Waals surface area contributed by atoms with E-state index < -0.39 is 0 Å². The van der Waals surface area contributed by atoms with E-state index >= 15 is 0 Å². The third-order valence-electron chi connectivity index (χ3n) is 3.49. The second-order valence-corrected chi connectivity index (χ2v) is 7.34. The van der Waals surface area contributed by atoms with Crippen molar-refractivity contribution in [3.8, 4) is 10.8 Å². The summed E-state index contributed by atoms with van der Waals surface area (Å²) in [5.41, 5.74) is 0. The van der Waals surface area contributed by atoms with Crippen LogP contribution in [0.15, 0.2) is 27.2 Å². The summed E-state index contributed by atoms with van der Waals surface area (Å²) in [4.78, 5) is 13.1. The minimum Gasteiger partial charge on any atom is -0.410 e. The lowest BCUT2D eigenvalue weighted by atomic mass is 10.2. The van der Waals surface area contributed by atoms with E-state index in [-0.39, 0.29) is 11.2 Å². The fourth-order valence-electron chi connectivity index (χ4n) is 2.35. The van der Waals surface area contributed by atoms with Crippen LogP contribution < -0.4 is 5.32 Å². The van der Waals surface area contributed by atoms with Crippen molar-refractivity contribution in [2.24, 2.45) is 0 Å². The Hall–Kier alpha value is -1.34. The molecule has 0 unspecified atom stereocenters. The first kappa shape index (κ1) is 14.6. The molecule has 0 saturated heterocycles. The summed E-state index contributed by atoms with van der Waals surface area (Å²) in [5.74, 6) is 0.554. The highest BCUT2D eigenvalue weighted by Crippen LogP contribution is 2.28. The summed E-state index contributed by atoms with van der Waals surface area (Å²) in [6.45, 7) is 1.87. The van der Waals surface area contributed by atoms with Gasteiger partial charge in [-0.15, -0.1) is 21.5 Å². The van der Waals surface area contributed by atoms with Gasteiger partial charge in [0, 0.05) is 6.04 Å². The highest BCUT2D eigenvalue weighted by Gasteiger charge is 2.23. The molecule has 7 heteroatoms. The fraction of sp³-hybridized carbons (Fsp3) is 0.500. The highest BCUT2D eigenvalue weighted by atomic mass is 32.2. The number of nitrogens with one attached hydrogen (secondary N) is 1. The number of aromatic nitrogens is 2. The summed E-state index contributed by atoms with van der Waals surface area (Å²) in [6, 6.07) is 4.21. The predicted octanol–water partition coefficient (Wildman–Crippen LogP) is 3.34. The molecule has 1 aliphatic carbocycles. The Morgan fingerprint density at radius 2 is 2.29 bits per heavy atom. The van der Waals surface area contributed by atoms with Gasteiger partial charge in [0.25, 0.3) is 11.1 Å². The third kappa shape index (κ3) is 3.65. The van der Waals surface area contributed by atoms with E-state index in [0.717, 1.165) is 17.7 Å². The van der Waals surface area contributed by atoms with Crippen LogP contribution in [0.5, 0.6) is 0 Å². The number of rotatable bonds is 5. The normalized spacial score (nSPS) is 17.0. The zero-order chi connectivity index (χ0) is 14.7. The van der Waals surface area contributed by atoms with Gasteiger partial charge in [-0.05, 0) is 31.2 Å². The molecule has 1 N–H and O–H groups in total. The van der Waals surface area contributed by atoms with Crippen LogP contribution in [-0.2, 0) is 4.79 Å². The Kier molecular flexibility index (Phi) is 4.60. The first-order valence-corrected chi connectivity index (χ1v) is 8.83. The zero-order valence-electron chi connectivity index (χ0n) is 11.7. The molecule has 0 bridgehead atoms. The summed E-state index contributed by atoms with van der Waals surface area (Å²) in [6.07, 6.45) is 4.60. The van der Waals surface area contributed by atoms with E-state index in [9.17, 15) is 4.79 Å². The van der Waals surface area contributed by atoms with Gasteiger partial charge in [0.2, 0.25) is 5.91 Å². The lowest BCUT2D eigenvalue weighted by molar-refractivity contribution is -0.120. The molecule has 0 aromatic carbocycles. The van der Waals surface area contributed by atoms with Crippen molar-refractivity contribution in [2.75, 3.05) is 0 Å². The summed E-state index contributed by atoms with van der Waals surface area (Å²) in [7, 11) is 0. The molecule has 112 valence electrons. The third-order valence-corrected chi connectivity index (χ3v) is 5.28. The smallest absolute Gasteiger partial charge is 0.277 e. The number of hydrogen-bond donors (Lipinski definition) is 1. The monoisotopic (exact) mass is 323 g/mol. The van der Waals surface area contributed by atoms with Crippen LogP contribution in [0.3, 0.4) is 0 Å². The number of thiophene rings is 1. The van der Waals surface area contributed by atoms with Crippen LogP contribution in [0, 0.1) is 0 Å². The van der Waals surface area contributed by atoms with Gasteiger partial charge in [-0.3, -0.25) is 4.79 Å².